The van der Waals surface area contributed by atoms with Crippen molar-refractivity contribution in [2.75, 3.05) is 27.4 Å². The number of carbonyl (C=O) groups is 2. The molecule has 2 saturated heterocycles. The zero-order valence-electron chi connectivity index (χ0n) is 17.5. The Morgan fingerprint density at radius 2 is 1.90 bits per heavy atom. The molecule has 4 rings (SSSR count). The lowest BCUT2D eigenvalue weighted by Crippen LogP contribution is -2.36. The van der Waals surface area contributed by atoms with E-state index in [9.17, 15) is 14.7 Å². The summed E-state index contributed by atoms with van der Waals surface area (Å²) in [5, 5.41) is 11.1. The predicted molar refractivity (Wildman–Crippen MR) is 114 cm³/mol. The van der Waals surface area contributed by atoms with E-state index in [1.165, 1.54) is 12.0 Å². The molecule has 0 aliphatic carbocycles. The smallest absolute Gasteiger partial charge is 0.295 e. The van der Waals surface area contributed by atoms with Gasteiger partial charge in [0.1, 0.15) is 17.3 Å². The third-order valence-electron chi connectivity index (χ3n) is 5.74. The highest BCUT2D eigenvalue weighted by atomic mass is 16.5. The first-order chi connectivity index (χ1) is 15.0. The SMILES string of the molecule is COc1ccc(OC)c(C2C(=C(O)c3ccccc3)C(=O)C(=O)N2CC2CCCO2)c1. The van der Waals surface area contributed by atoms with E-state index >= 15 is 0 Å². The Morgan fingerprint density at radius 3 is 2.55 bits per heavy atom. The van der Waals surface area contributed by atoms with Crippen molar-refractivity contribution in [3.8, 4) is 11.5 Å². The molecule has 0 saturated carbocycles. The molecule has 2 aromatic carbocycles. The van der Waals surface area contributed by atoms with Gasteiger partial charge in [-0.05, 0) is 31.0 Å². The fourth-order valence-corrected chi connectivity index (χ4v) is 4.20. The van der Waals surface area contributed by atoms with Crippen LogP contribution in [-0.2, 0) is 14.3 Å². The van der Waals surface area contributed by atoms with Gasteiger partial charge in [0.15, 0.2) is 0 Å². The number of Topliss-reactive ketones (excluding diaryl/α,β-unsaturated/α-hetero) is 1. The number of benzene rings is 2. The lowest BCUT2D eigenvalue weighted by molar-refractivity contribution is -0.140. The van der Waals surface area contributed by atoms with Gasteiger partial charge in [0.2, 0.25) is 0 Å². The van der Waals surface area contributed by atoms with E-state index in [0.29, 0.717) is 29.2 Å². The van der Waals surface area contributed by atoms with Crippen molar-refractivity contribution in [1.29, 1.82) is 0 Å². The number of aliphatic hydroxyl groups excluding tert-OH is 1. The first-order valence-electron chi connectivity index (χ1n) is 10.2. The Labute approximate surface area is 180 Å². The molecule has 0 aromatic heterocycles. The first kappa shape index (κ1) is 20.9. The second-order valence-corrected chi connectivity index (χ2v) is 7.56. The van der Waals surface area contributed by atoms with Gasteiger partial charge in [-0.1, -0.05) is 30.3 Å². The van der Waals surface area contributed by atoms with Gasteiger partial charge in [-0.3, -0.25) is 9.59 Å². The van der Waals surface area contributed by atoms with Crippen LogP contribution in [0, 0.1) is 0 Å². The Kier molecular flexibility index (Phi) is 5.95. The second kappa shape index (κ2) is 8.81. The average molecular weight is 423 g/mol. The maximum atomic E-state index is 13.1. The number of rotatable bonds is 6. The maximum absolute atomic E-state index is 13.1. The summed E-state index contributed by atoms with van der Waals surface area (Å²) in [6.07, 6.45) is 1.56. The topological polar surface area (TPSA) is 85.3 Å². The molecule has 2 atom stereocenters. The van der Waals surface area contributed by atoms with Gasteiger partial charge in [0, 0.05) is 24.3 Å². The number of hydrogen-bond donors (Lipinski definition) is 1. The molecule has 2 aromatic rings. The Balaban J connectivity index is 1.89. The molecule has 0 spiro atoms. The van der Waals surface area contributed by atoms with Crippen molar-refractivity contribution in [3.63, 3.8) is 0 Å². The van der Waals surface area contributed by atoms with Crippen molar-refractivity contribution in [2.45, 2.75) is 25.0 Å². The van der Waals surface area contributed by atoms with Crippen LogP contribution in [0.5, 0.6) is 11.5 Å². The van der Waals surface area contributed by atoms with Crippen LogP contribution in [0.4, 0.5) is 0 Å². The van der Waals surface area contributed by atoms with Crippen LogP contribution in [0.3, 0.4) is 0 Å². The van der Waals surface area contributed by atoms with Gasteiger partial charge in [0.25, 0.3) is 11.7 Å². The molecule has 2 aliphatic heterocycles. The van der Waals surface area contributed by atoms with E-state index in [1.54, 1.807) is 49.6 Å². The van der Waals surface area contributed by atoms with E-state index in [1.807, 2.05) is 6.07 Å². The van der Waals surface area contributed by atoms with E-state index < -0.39 is 17.7 Å². The molecule has 2 unspecified atom stereocenters. The second-order valence-electron chi connectivity index (χ2n) is 7.56. The van der Waals surface area contributed by atoms with Crippen LogP contribution in [0.15, 0.2) is 54.1 Å². The maximum Gasteiger partial charge on any atom is 0.295 e. The Hall–Kier alpha value is -3.32. The first-order valence-corrected chi connectivity index (χ1v) is 10.2. The van der Waals surface area contributed by atoms with Crippen molar-refractivity contribution >= 4 is 17.4 Å². The highest BCUT2D eigenvalue weighted by Gasteiger charge is 2.48. The summed E-state index contributed by atoms with van der Waals surface area (Å²) in [7, 11) is 3.06. The normalized spacial score (nSPS) is 22.7. The highest BCUT2D eigenvalue weighted by molar-refractivity contribution is 6.46. The molecular formula is C24H25NO6. The number of carbonyl (C=O) groups excluding carboxylic acids is 2. The monoisotopic (exact) mass is 423 g/mol. The number of ketones is 1. The third-order valence-corrected chi connectivity index (χ3v) is 5.74. The summed E-state index contributed by atoms with van der Waals surface area (Å²) < 4.78 is 16.6. The standard InChI is InChI=1S/C24H25NO6/c1-29-16-10-11-19(30-2)18(13-16)21-20(22(26)15-7-4-3-5-8-15)23(27)24(28)25(21)14-17-9-6-12-31-17/h3-5,7-8,10-11,13,17,21,26H,6,9,12,14H2,1-2H3. The van der Waals surface area contributed by atoms with Crippen LogP contribution < -0.4 is 9.47 Å². The lowest BCUT2D eigenvalue weighted by atomic mass is 9.94. The van der Waals surface area contributed by atoms with Gasteiger partial charge < -0.3 is 24.2 Å². The molecule has 1 N–H and O–H groups in total. The molecule has 31 heavy (non-hydrogen) atoms. The zero-order chi connectivity index (χ0) is 22.0. The third kappa shape index (κ3) is 3.88. The summed E-state index contributed by atoms with van der Waals surface area (Å²) in [5.41, 5.74) is 1.06. The number of ether oxygens (including phenoxy) is 3. The van der Waals surface area contributed by atoms with Crippen molar-refractivity contribution in [2.24, 2.45) is 0 Å². The zero-order valence-corrected chi connectivity index (χ0v) is 17.5. The fraction of sp³-hybridized carbons (Fsp3) is 0.333. The summed E-state index contributed by atoms with van der Waals surface area (Å²) in [6.45, 7) is 0.882. The molecule has 162 valence electrons. The number of amides is 1. The van der Waals surface area contributed by atoms with Gasteiger partial charge in [-0.2, -0.15) is 0 Å². The van der Waals surface area contributed by atoms with Crippen LogP contribution in [0.2, 0.25) is 0 Å². The molecule has 1 amide bonds. The molecular weight excluding hydrogens is 398 g/mol. The minimum Gasteiger partial charge on any atom is -0.507 e. The lowest BCUT2D eigenvalue weighted by Gasteiger charge is -2.28. The van der Waals surface area contributed by atoms with Crippen LogP contribution in [0.25, 0.3) is 5.76 Å². The van der Waals surface area contributed by atoms with E-state index in [0.717, 1.165) is 12.8 Å². The van der Waals surface area contributed by atoms with Crippen LogP contribution in [0.1, 0.15) is 30.0 Å². The molecule has 7 nitrogen and oxygen atoms in total. The number of likely N-dealkylation sites (tertiary alicyclic amines) is 1. The quantitative estimate of drug-likeness (QED) is 0.436. The minimum absolute atomic E-state index is 0.0285. The van der Waals surface area contributed by atoms with Crippen LogP contribution in [-0.4, -0.2) is 55.2 Å². The highest BCUT2D eigenvalue weighted by Crippen LogP contribution is 2.44. The van der Waals surface area contributed by atoms with Gasteiger partial charge in [0.05, 0.1) is 31.9 Å². The summed E-state index contributed by atoms with van der Waals surface area (Å²) >= 11 is 0. The molecule has 0 bridgehead atoms. The number of methoxy groups -OCH3 is 2. The Bertz CT molecular complexity index is 1010. The molecule has 2 aliphatic rings. The van der Waals surface area contributed by atoms with Crippen molar-refractivity contribution in [3.05, 3.63) is 65.2 Å². The molecule has 0 radical (unpaired) electrons. The summed E-state index contributed by atoms with van der Waals surface area (Å²) in [5.74, 6) is -0.567. The minimum atomic E-state index is -0.825. The van der Waals surface area contributed by atoms with E-state index in [2.05, 4.69) is 0 Å². The molecule has 2 heterocycles. The predicted octanol–water partition coefficient (Wildman–Crippen LogP) is 3.30. The van der Waals surface area contributed by atoms with Gasteiger partial charge >= 0.3 is 0 Å². The number of nitrogens with zero attached hydrogens (tertiary/aromatic N) is 1. The average Bonchev–Trinajstić information content (AvgIpc) is 3.41. The molecule has 2 fully saturated rings. The van der Waals surface area contributed by atoms with Crippen molar-refractivity contribution < 1.29 is 28.9 Å². The van der Waals surface area contributed by atoms with Gasteiger partial charge in [-0.25, -0.2) is 0 Å². The number of hydrogen-bond acceptors (Lipinski definition) is 6. The largest absolute Gasteiger partial charge is 0.507 e. The van der Waals surface area contributed by atoms with E-state index in [4.69, 9.17) is 14.2 Å². The fourth-order valence-electron chi connectivity index (χ4n) is 4.20. The van der Waals surface area contributed by atoms with Gasteiger partial charge in [-0.15, -0.1) is 0 Å². The van der Waals surface area contributed by atoms with Crippen molar-refractivity contribution in [1.82, 2.24) is 4.90 Å². The number of aliphatic hydroxyl groups is 1. The van der Waals surface area contributed by atoms with E-state index in [-0.39, 0.29) is 24.0 Å². The van der Waals surface area contributed by atoms with Crippen LogP contribution >= 0.6 is 0 Å². The molecule has 7 heteroatoms. The summed E-state index contributed by atoms with van der Waals surface area (Å²) in [4.78, 5) is 27.7. The summed E-state index contributed by atoms with van der Waals surface area (Å²) in [6, 6.07) is 13.1. The Morgan fingerprint density at radius 1 is 1.13 bits per heavy atom.